The van der Waals surface area contributed by atoms with E-state index in [0.717, 1.165) is 38.2 Å². The molecule has 1 atom stereocenters. The minimum Gasteiger partial charge on any atom is -0.496 e. The Morgan fingerprint density at radius 2 is 2.13 bits per heavy atom. The summed E-state index contributed by atoms with van der Waals surface area (Å²) < 4.78 is 11.2. The molecule has 2 fully saturated rings. The molecule has 1 amide bonds. The fourth-order valence-electron chi connectivity index (χ4n) is 4.26. The highest BCUT2D eigenvalue weighted by Crippen LogP contribution is 2.33. The number of benzene rings is 1. The van der Waals surface area contributed by atoms with Gasteiger partial charge in [0.05, 0.1) is 13.7 Å². The van der Waals surface area contributed by atoms with E-state index in [4.69, 9.17) is 9.47 Å². The molecule has 1 aliphatic carbocycles. The molecule has 2 aliphatic heterocycles. The van der Waals surface area contributed by atoms with Gasteiger partial charge in [0.2, 0.25) is 0 Å². The molecular weight excluding hydrogens is 292 g/mol. The van der Waals surface area contributed by atoms with Crippen LogP contribution in [0.5, 0.6) is 5.75 Å². The maximum absolute atomic E-state index is 11.4. The van der Waals surface area contributed by atoms with Crippen molar-refractivity contribution in [3.63, 3.8) is 0 Å². The van der Waals surface area contributed by atoms with Crippen molar-refractivity contribution in [1.29, 1.82) is 0 Å². The van der Waals surface area contributed by atoms with Gasteiger partial charge in [0, 0.05) is 18.7 Å². The number of hydrogen-bond acceptors (Lipinski definition) is 4. The molecule has 1 spiro atoms. The number of fused-ring (bicyclic) bond motifs is 1. The molecule has 0 aromatic heterocycles. The summed E-state index contributed by atoms with van der Waals surface area (Å²) in [4.78, 5) is 13.8. The molecule has 2 heterocycles. The number of aryl methyl sites for hydroxylation is 2. The maximum Gasteiger partial charge on any atom is 0.407 e. The molecule has 2 saturated heterocycles. The summed E-state index contributed by atoms with van der Waals surface area (Å²) in [5.74, 6) is 0.992. The van der Waals surface area contributed by atoms with Crippen LogP contribution in [0.4, 0.5) is 4.79 Å². The summed E-state index contributed by atoms with van der Waals surface area (Å²) in [5, 5.41) is 2.81. The Hall–Kier alpha value is -1.75. The summed E-state index contributed by atoms with van der Waals surface area (Å²) in [6.45, 7) is 3.32. The van der Waals surface area contributed by atoms with Crippen molar-refractivity contribution in [2.75, 3.05) is 26.7 Å². The quantitative estimate of drug-likeness (QED) is 0.929. The molecule has 1 unspecified atom stereocenters. The van der Waals surface area contributed by atoms with Crippen LogP contribution in [0.3, 0.4) is 0 Å². The Balaban J connectivity index is 1.52. The van der Waals surface area contributed by atoms with Gasteiger partial charge in [-0.1, -0.05) is 6.07 Å². The second-order valence-electron chi connectivity index (χ2n) is 7.03. The number of carbonyl (C=O) groups excluding carboxylic acids is 1. The first-order valence-corrected chi connectivity index (χ1v) is 8.55. The third-order valence-corrected chi connectivity index (χ3v) is 5.37. The predicted octanol–water partition coefficient (Wildman–Crippen LogP) is 2.26. The zero-order valence-corrected chi connectivity index (χ0v) is 13.7. The number of rotatable bonds is 3. The number of likely N-dealkylation sites (tertiary alicyclic amines) is 1. The molecule has 5 nitrogen and oxygen atoms in total. The topological polar surface area (TPSA) is 50.8 Å². The van der Waals surface area contributed by atoms with E-state index in [1.807, 2.05) is 0 Å². The first-order chi connectivity index (χ1) is 11.2. The van der Waals surface area contributed by atoms with Gasteiger partial charge in [-0.15, -0.1) is 0 Å². The molecule has 1 aromatic carbocycles. The van der Waals surface area contributed by atoms with Crippen LogP contribution >= 0.6 is 0 Å². The molecule has 1 aromatic rings. The van der Waals surface area contributed by atoms with E-state index in [9.17, 15) is 4.79 Å². The van der Waals surface area contributed by atoms with Crippen LogP contribution in [0.25, 0.3) is 0 Å². The van der Waals surface area contributed by atoms with Crippen LogP contribution in [-0.2, 0) is 24.1 Å². The summed E-state index contributed by atoms with van der Waals surface area (Å²) >= 11 is 0. The summed E-state index contributed by atoms with van der Waals surface area (Å²) in [7, 11) is 1.75. The van der Waals surface area contributed by atoms with Crippen LogP contribution in [0, 0.1) is 0 Å². The van der Waals surface area contributed by atoms with E-state index in [1.54, 1.807) is 7.11 Å². The van der Waals surface area contributed by atoms with Crippen LogP contribution in [0.15, 0.2) is 12.1 Å². The van der Waals surface area contributed by atoms with Crippen molar-refractivity contribution < 1.29 is 14.3 Å². The van der Waals surface area contributed by atoms with Crippen LogP contribution in [0.2, 0.25) is 0 Å². The van der Waals surface area contributed by atoms with Crippen molar-refractivity contribution in [2.45, 2.75) is 44.2 Å². The van der Waals surface area contributed by atoms with E-state index >= 15 is 0 Å². The van der Waals surface area contributed by atoms with E-state index < -0.39 is 0 Å². The molecule has 4 rings (SSSR count). The standard InChI is InChI=1S/C18H24N2O3/c1-22-16-9-14-5-2-4-13(14)8-15(16)10-20-7-3-6-18(12-20)11-19-17(21)23-18/h8-9H,2-7,10-12H2,1H3,(H,19,21). The van der Waals surface area contributed by atoms with E-state index in [0.29, 0.717) is 6.54 Å². The number of ether oxygens (including phenoxy) is 2. The third-order valence-electron chi connectivity index (χ3n) is 5.37. The lowest BCUT2D eigenvalue weighted by atomic mass is 9.92. The highest BCUT2D eigenvalue weighted by atomic mass is 16.6. The highest BCUT2D eigenvalue weighted by Gasteiger charge is 2.43. The van der Waals surface area contributed by atoms with Gasteiger partial charge in [-0.3, -0.25) is 4.90 Å². The molecule has 0 bridgehead atoms. The Bertz CT molecular complexity index is 631. The predicted molar refractivity (Wildman–Crippen MR) is 86.7 cm³/mol. The van der Waals surface area contributed by atoms with Crippen molar-refractivity contribution in [3.05, 3.63) is 28.8 Å². The van der Waals surface area contributed by atoms with Gasteiger partial charge in [0.1, 0.15) is 11.4 Å². The van der Waals surface area contributed by atoms with Gasteiger partial charge in [0.25, 0.3) is 0 Å². The number of methoxy groups -OCH3 is 1. The van der Waals surface area contributed by atoms with Crippen LogP contribution < -0.4 is 10.1 Å². The van der Waals surface area contributed by atoms with E-state index in [-0.39, 0.29) is 11.7 Å². The number of piperidine rings is 1. The monoisotopic (exact) mass is 316 g/mol. The van der Waals surface area contributed by atoms with E-state index in [2.05, 4.69) is 22.3 Å². The molecule has 5 heteroatoms. The van der Waals surface area contributed by atoms with Gasteiger partial charge < -0.3 is 14.8 Å². The fraction of sp³-hybridized carbons (Fsp3) is 0.611. The first-order valence-electron chi connectivity index (χ1n) is 8.55. The average Bonchev–Trinajstić information content (AvgIpc) is 3.13. The van der Waals surface area contributed by atoms with Crippen molar-refractivity contribution in [2.24, 2.45) is 0 Å². The minimum absolute atomic E-state index is 0.276. The van der Waals surface area contributed by atoms with E-state index in [1.165, 1.54) is 36.0 Å². The summed E-state index contributed by atoms with van der Waals surface area (Å²) in [5.41, 5.74) is 3.83. The van der Waals surface area contributed by atoms with Gasteiger partial charge in [-0.05, 0) is 55.8 Å². The van der Waals surface area contributed by atoms with Gasteiger partial charge in [-0.2, -0.15) is 0 Å². The minimum atomic E-state index is -0.334. The molecular formula is C18H24N2O3. The third kappa shape index (κ3) is 2.78. The number of nitrogens with zero attached hydrogens (tertiary/aromatic N) is 1. The molecule has 0 radical (unpaired) electrons. The second kappa shape index (κ2) is 5.71. The summed E-state index contributed by atoms with van der Waals surface area (Å²) in [6, 6.07) is 4.54. The zero-order chi connectivity index (χ0) is 15.9. The second-order valence-corrected chi connectivity index (χ2v) is 7.03. The first kappa shape index (κ1) is 14.8. The van der Waals surface area contributed by atoms with Gasteiger partial charge in [-0.25, -0.2) is 4.79 Å². The fourth-order valence-corrected chi connectivity index (χ4v) is 4.26. The van der Waals surface area contributed by atoms with Crippen molar-refractivity contribution in [3.8, 4) is 5.75 Å². The Morgan fingerprint density at radius 3 is 2.87 bits per heavy atom. The van der Waals surface area contributed by atoms with Crippen LogP contribution in [-0.4, -0.2) is 43.3 Å². The average molecular weight is 316 g/mol. The number of hydrogen-bond donors (Lipinski definition) is 1. The molecule has 1 N–H and O–H groups in total. The zero-order valence-electron chi connectivity index (χ0n) is 13.7. The normalized spacial score (nSPS) is 26.9. The highest BCUT2D eigenvalue weighted by molar-refractivity contribution is 5.70. The maximum atomic E-state index is 11.4. The number of carbonyl (C=O) groups is 1. The largest absolute Gasteiger partial charge is 0.496 e. The van der Waals surface area contributed by atoms with Crippen molar-refractivity contribution >= 4 is 6.09 Å². The Labute approximate surface area is 136 Å². The lowest BCUT2D eigenvalue weighted by Gasteiger charge is -2.38. The SMILES string of the molecule is COc1cc2c(cc1CN1CCCC3(CNC(=O)O3)C1)CCC2. The smallest absolute Gasteiger partial charge is 0.407 e. The van der Waals surface area contributed by atoms with Gasteiger partial charge >= 0.3 is 6.09 Å². The number of nitrogens with one attached hydrogen (secondary N) is 1. The Morgan fingerprint density at radius 1 is 1.30 bits per heavy atom. The number of amides is 1. The molecule has 0 saturated carbocycles. The molecule has 124 valence electrons. The van der Waals surface area contributed by atoms with Crippen molar-refractivity contribution in [1.82, 2.24) is 10.2 Å². The number of alkyl carbamates (subject to hydrolysis) is 1. The van der Waals surface area contributed by atoms with Crippen LogP contribution in [0.1, 0.15) is 36.0 Å². The molecule has 23 heavy (non-hydrogen) atoms. The summed E-state index contributed by atoms with van der Waals surface area (Å²) in [6.07, 6.45) is 5.32. The Kier molecular flexibility index (Phi) is 3.68. The van der Waals surface area contributed by atoms with Gasteiger partial charge in [0.15, 0.2) is 0 Å². The molecule has 3 aliphatic rings. The lowest BCUT2D eigenvalue weighted by Crippen LogP contribution is -2.50. The lowest BCUT2D eigenvalue weighted by molar-refractivity contribution is -0.0112.